The van der Waals surface area contributed by atoms with Crippen LogP contribution in [0, 0.1) is 12.3 Å². The lowest BCUT2D eigenvalue weighted by molar-refractivity contribution is -0.0250. The van der Waals surface area contributed by atoms with Gasteiger partial charge in [0.25, 0.3) is 0 Å². The van der Waals surface area contributed by atoms with Crippen LogP contribution in [0.1, 0.15) is 33.6 Å². The van der Waals surface area contributed by atoms with E-state index in [9.17, 15) is 0 Å². The SMILES string of the molecule is C#CC(NCCC)C(C)(CC)N1CCOCC1. The normalized spacial score (nSPS) is 22.7. The first-order valence-corrected chi connectivity index (χ1v) is 6.71. The van der Waals surface area contributed by atoms with Gasteiger partial charge in [0.05, 0.1) is 19.3 Å². The van der Waals surface area contributed by atoms with Gasteiger partial charge in [-0.25, -0.2) is 0 Å². The van der Waals surface area contributed by atoms with E-state index in [2.05, 4.69) is 36.9 Å². The van der Waals surface area contributed by atoms with Crippen molar-refractivity contribution in [2.75, 3.05) is 32.8 Å². The molecule has 0 aromatic carbocycles. The third-order valence-electron chi connectivity index (χ3n) is 3.84. The van der Waals surface area contributed by atoms with Gasteiger partial charge in [-0.2, -0.15) is 0 Å². The van der Waals surface area contributed by atoms with Crippen molar-refractivity contribution in [2.24, 2.45) is 0 Å². The van der Waals surface area contributed by atoms with Crippen LogP contribution < -0.4 is 5.32 Å². The van der Waals surface area contributed by atoms with Crippen LogP contribution in [0.15, 0.2) is 0 Å². The van der Waals surface area contributed by atoms with Gasteiger partial charge < -0.3 is 10.1 Å². The van der Waals surface area contributed by atoms with Crippen molar-refractivity contribution >= 4 is 0 Å². The summed E-state index contributed by atoms with van der Waals surface area (Å²) in [5.74, 6) is 2.93. The Labute approximate surface area is 106 Å². The number of hydrogen-bond acceptors (Lipinski definition) is 3. The Kier molecular flexibility index (Phi) is 5.97. The Morgan fingerprint density at radius 2 is 2.06 bits per heavy atom. The van der Waals surface area contributed by atoms with E-state index < -0.39 is 0 Å². The molecule has 1 N–H and O–H groups in total. The lowest BCUT2D eigenvalue weighted by atomic mass is 9.87. The van der Waals surface area contributed by atoms with Crippen LogP contribution in [0.5, 0.6) is 0 Å². The van der Waals surface area contributed by atoms with Crippen molar-refractivity contribution in [3.63, 3.8) is 0 Å². The van der Waals surface area contributed by atoms with E-state index in [-0.39, 0.29) is 11.6 Å². The van der Waals surface area contributed by atoms with Crippen molar-refractivity contribution in [2.45, 2.75) is 45.2 Å². The van der Waals surface area contributed by atoms with E-state index in [0.717, 1.165) is 45.7 Å². The standard InChI is InChI=1S/C14H26N2O/c1-5-8-15-13(6-2)14(4,7-3)16-9-11-17-12-10-16/h2,13,15H,5,7-12H2,1,3-4H3. The molecule has 0 saturated carbocycles. The van der Waals surface area contributed by atoms with Crippen LogP contribution >= 0.6 is 0 Å². The Hall–Kier alpha value is -0.560. The van der Waals surface area contributed by atoms with E-state index >= 15 is 0 Å². The molecular weight excluding hydrogens is 212 g/mol. The molecule has 1 heterocycles. The van der Waals surface area contributed by atoms with Crippen molar-refractivity contribution in [3.05, 3.63) is 0 Å². The van der Waals surface area contributed by atoms with Gasteiger partial charge >= 0.3 is 0 Å². The average molecular weight is 238 g/mol. The quantitative estimate of drug-likeness (QED) is 0.710. The number of ether oxygens (including phenoxy) is 1. The van der Waals surface area contributed by atoms with Gasteiger partial charge in [0.1, 0.15) is 0 Å². The van der Waals surface area contributed by atoms with Gasteiger partial charge in [-0.3, -0.25) is 4.90 Å². The van der Waals surface area contributed by atoms with Crippen LogP contribution in [0.2, 0.25) is 0 Å². The molecule has 0 amide bonds. The predicted molar refractivity (Wildman–Crippen MR) is 72.0 cm³/mol. The highest BCUT2D eigenvalue weighted by Gasteiger charge is 2.37. The van der Waals surface area contributed by atoms with Crippen LogP contribution in [0.25, 0.3) is 0 Å². The summed E-state index contributed by atoms with van der Waals surface area (Å²) in [5.41, 5.74) is 0.0354. The van der Waals surface area contributed by atoms with E-state index in [1.54, 1.807) is 0 Å². The highest BCUT2D eigenvalue weighted by atomic mass is 16.5. The van der Waals surface area contributed by atoms with Crippen LogP contribution in [0.3, 0.4) is 0 Å². The minimum atomic E-state index is 0.0354. The average Bonchev–Trinajstić information content (AvgIpc) is 2.40. The molecule has 1 aliphatic heterocycles. The summed E-state index contributed by atoms with van der Waals surface area (Å²) in [5, 5.41) is 3.49. The largest absolute Gasteiger partial charge is 0.379 e. The molecule has 98 valence electrons. The van der Waals surface area contributed by atoms with Gasteiger partial charge in [-0.05, 0) is 26.3 Å². The highest BCUT2D eigenvalue weighted by Crippen LogP contribution is 2.24. The number of nitrogens with zero attached hydrogens (tertiary/aromatic N) is 1. The van der Waals surface area contributed by atoms with E-state index in [0.29, 0.717) is 0 Å². The predicted octanol–water partition coefficient (Wildman–Crippen LogP) is 1.49. The maximum Gasteiger partial charge on any atom is 0.0870 e. The summed E-state index contributed by atoms with van der Waals surface area (Å²) in [7, 11) is 0. The Bertz CT molecular complexity index is 255. The van der Waals surface area contributed by atoms with E-state index in [1.165, 1.54) is 0 Å². The summed E-state index contributed by atoms with van der Waals surface area (Å²) < 4.78 is 5.42. The molecule has 0 radical (unpaired) electrons. The van der Waals surface area contributed by atoms with Gasteiger partial charge in [-0.15, -0.1) is 6.42 Å². The lowest BCUT2D eigenvalue weighted by Crippen LogP contribution is -2.61. The minimum absolute atomic E-state index is 0.0354. The van der Waals surface area contributed by atoms with Gasteiger partial charge in [0.2, 0.25) is 0 Å². The first-order chi connectivity index (χ1) is 8.19. The summed E-state index contributed by atoms with van der Waals surface area (Å²) >= 11 is 0. The third-order valence-corrected chi connectivity index (χ3v) is 3.84. The second-order valence-corrected chi connectivity index (χ2v) is 4.86. The zero-order valence-electron chi connectivity index (χ0n) is 11.5. The maximum atomic E-state index is 5.71. The molecule has 0 spiro atoms. The first-order valence-electron chi connectivity index (χ1n) is 6.71. The fourth-order valence-electron chi connectivity index (χ4n) is 2.43. The molecular formula is C14H26N2O. The van der Waals surface area contributed by atoms with Crippen LogP contribution in [0.4, 0.5) is 0 Å². The molecule has 2 atom stereocenters. The summed E-state index contributed by atoms with van der Waals surface area (Å²) in [6.45, 7) is 11.2. The zero-order valence-corrected chi connectivity index (χ0v) is 11.5. The fourth-order valence-corrected chi connectivity index (χ4v) is 2.43. The van der Waals surface area contributed by atoms with E-state index in [1.807, 2.05) is 0 Å². The minimum Gasteiger partial charge on any atom is -0.379 e. The summed E-state index contributed by atoms with van der Waals surface area (Å²) in [4.78, 5) is 2.48. The fraction of sp³-hybridized carbons (Fsp3) is 0.857. The highest BCUT2D eigenvalue weighted by molar-refractivity contribution is 5.12. The van der Waals surface area contributed by atoms with Crippen LogP contribution in [-0.4, -0.2) is 49.3 Å². The molecule has 1 aliphatic rings. The van der Waals surface area contributed by atoms with Crippen molar-refractivity contribution in [3.8, 4) is 12.3 Å². The summed E-state index contributed by atoms with van der Waals surface area (Å²) in [6, 6.07) is 0.116. The van der Waals surface area contributed by atoms with Gasteiger partial charge in [0, 0.05) is 18.6 Å². The van der Waals surface area contributed by atoms with Crippen molar-refractivity contribution in [1.29, 1.82) is 0 Å². The molecule has 0 aromatic rings. The smallest absolute Gasteiger partial charge is 0.0870 e. The molecule has 0 aliphatic carbocycles. The Balaban J connectivity index is 2.72. The monoisotopic (exact) mass is 238 g/mol. The number of nitrogens with one attached hydrogen (secondary N) is 1. The molecule has 1 fully saturated rings. The number of rotatable bonds is 6. The van der Waals surface area contributed by atoms with Crippen molar-refractivity contribution in [1.82, 2.24) is 10.2 Å². The second kappa shape index (κ2) is 7.00. The molecule has 1 rings (SSSR count). The Morgan fingerprint density at radius 3 is 2.53 bits per heavy atom. The molecule has 2 unspecified atom stereocenters. The molecule has 1 saturated heterocycles. The maximum absolute atomic E-state index is 5.71. The topological polar surface area (TPSA) is 24.5 Å². The first kappa shape index (κ1) is 14.5. The number of terminal acetylenes is 1. The number of morpholine rings is 1. The molecule has 17 heavy (non-hydrogen) atoms. The lowest BCUT2D eigenvalue weighted by Gasteiger charge is -2.46. The van der Waals surface area contributed by atoms with Gasteiger partial charge in [0.15, 0.2) is 0 Å². The Morgan fingerprint density at radius 1 is 1.41 bits per heavy atom. The third kappa shape index (κ3) is 3.45. The van der Waals surface area contributed by atoms with Crippen molar-refractivity contribution < 1.29 is 4.74 Å². The molecule has 3 heteroatoms. The van der Waals surface area contributed by atoms with Crippen LogP contribution in [-0.2, 0) is 4.74 Å². The number of hydrogen-bond donors (Lipinski definition) is 1. The molecule has 0 aromatic heterocycles. The summed E-state index contributed by atoms with van der Waals surface area (Å²) in [6.07, 6.45) is 7.88. The zero-order chi connectivity index (χ0) is 12.7. The molecule has 0 bridgehead atoms. The van der Waals surface area contributed by atoms with E-state index in [4.69, 9.17) is 11.2 Å². The second-order valence-electron chi connectivity index (χ2n) is 4.86. The molecule has 3 nitrogen and oxygen atoms in total. The van der Waals surface area contributed by atoms with Gasteiger partial charge in [-0.1, -0.05) is 19.8 Å².